The summed E-state index contributed by atoms with van der Waals surface area (Å²) in [5.41, 5.74) is 1.42. The van der Waals surface area contributed by atoms with Crippen LogP contribution in [0.4, 0.5) is 0 Å². The first kappa shape index (κ1) is 11.0. The molecule has 0 nitrogen and oxygen atoms in total. The molecule has 0 saturated heterocycles. The zero-order chi connectivity index (χ0) is 8.97. The van der Waals surface area contributed by atoms with Crippen molar-refractivity contribution in [1.82, 2.24) is 0 Å². The molecule has 0 N–H and O–H groups in total. The lowest BCUT2D eigenvalue weighted by atomic mass is 10.1. The second kappa shape index (κ2) is 5.65. The minimum absolute atomic E-state index is 0.752. The molecule has 0 bridgehead atoms. The van der Waals surface area contributed by atoms with Crippen LogP contribution in [0.15, 0.2) is 18.2 Å². The molecule has 66 valence electrons. The summed E-state index contributed by atoms with van der Waals surface area (Å²) in [6.45, 7) is 0. The van der Waals surface area contributed by atoms with Crippen molar-refractivity contribution >= 4 is 56.8 Å². The maximum Gasteiger partial charge on any atom is 0.0295 e. The van der Waals surface area contributed by atoms with Crippen LogP contribution < -0.4 is 0 Å². The van der Waals surface area contributed by atoms with Crippen LogP contribution >= 0.6 is 56.8 Å². The van der Waals surface area contributed by atoms with E-state index in [2.05, 4.69) is 63.4 Å². The Morgan fingerprint density at radius 1 is 1.25 bits per heavy atom. The molecule has 0 atom stereocenters. The highest BCUT2D eigenvalue weighted by atomic mass is 127. The Labute approximate surface area is 105 Å². The van der Waals surface area contributed by atoms with Crippen LogP contribution in [0.1, 0.15) is 12.0 Å². The topological polar surface area (TPSA) is 0 Å². The van der Waals surface area contributed by atoms with Gasteiger partial charge in [0.05, 0.1) is 0 Å². The summed E-state index contributed by atoms with van der Waals surface area (Å²) in [6, 6.07) is 6.41. The third-order valence-electron chi connectivity index (χ3n) is 1.61. The molecule has 1 aromatic rings. The van der Waals surface area contributed by atoms with Gasteiger partial charge in [0.2, 0.25) is 0 Å². The fraction of sp³-hybridized carbons (Fsp3) is 0.333. The lowest BCUT2D eigenvalue weighted by Crippen LogP contribution is -1.92. The van der Waals surface area contributed by atoms with Gasteiger partial charge < -0.3 is 0 Å². The second-order valence-corrected chi connectivity index (χ2v) is 5.12. The third kappa shape index (κ3) is 3.03. The molecule has 0 saturated carbocycles. The quantitative estimate of drug-likeness (QED) is 0.525. The van der Waals surface area contributed by atoms with E-state index >= 15 is 0 Å². The van der Waals surface area contributed by atoms with E-state index in [1.54, 1.807) is 0 Å². The average molecular weight is 406 g/mol. The standard InChI is InChI=1S/C9H9ClI2/c10-6-2-4-7-3-1-5-8(11)9(7)12/h1,3,5H,2,4,6H2. The number of hydrogen-bond donors (Lipinski definition) is 0. The summed E-state index contributed by atoms with van der Waals surface area (Å²) in [6.07, 6.45) is 2.16. The molecule has 0 unspecified atom stereocenters. The Kier molecular flexibility index (Phi) is 5.20. The van der Waals surface area contributed by atoms with E-state index in [9.17, 15) is 0 Å². The second-order valence-electron chi connectivity index (χ2n) is 2.51. The molecule has 1 aromatic carbocycles. The van der Waals surface area contributed by atoms with Gasteiger partial charge in [0.1, 0.15) is 0 Å². The Morgan fingerprint density at radius 3 is 2.67 bits per heavy atom. The van der Waals surface area contributed by atoms with Crippen molar-refractivity contribution in [3.05, 3.63) is 30.9 Å². The number of rotatable bonds is 3. The van der Waals surface area contributed by atoms with Crippen LogP contribution in [0.5, 0.6) is 0 Å². The van der Waals surface area contributed by atoms with Crippen molar-refractivity contribution in [2.75, 3.05) is 5.88 Å². The van der Waals surface area contributed by atoms with Crippen LogP contribution in [-0.4, -0.2) is 5.88 Å². The van der Waals surface area contributed by atoms with E-state index in [0.29, 0.717) is 0 Å². The third-order valence-corrected chi connectivity index (χ3v) is 5.08. The summed E-state index contributed by atoms with van der Waals surface area (Å²) in [4.78, 5) is 0. The number of alkyl halides is 1. The number of hydrogen-bond acceptors (Lipinski definition) is 0. The lowest BCUT2D eigenvalue weighted by molar-refractivity contribution is 0.922. The van der Waals surface area contributed by atoms with Crippen LogP contribution in [0.2, 0.25) is 0 Å². The van der Waals surface area contributed by atoms with Gasteiger partial charge in [0.15, 0.2) is 0 Å². The first-order valence-corrected chi connectivity index (χ1v) is 6.43. The molecular formula is C9H9ClI2. The molecule has 12 heavy (non-hydrogen) atoms. The summed E-state index contributed by atoms with van der Waals surface area (Å²) in [5, 5.41) is 0. The van der Waals surface area contributed by atoms with Gasteiger partial charge in [-0.3, -0.25) is 0 Å². The van der Waals surface area contributed by atoms with E-state index in [1.807, 2.05) is 0 Å². The van der Waals surface area contributed by atoms with Crippen LogP contribution in [0.25, 0.3) is 0 Å². The van der Waals surface area contributed by atoms with Gasteiger partial charge in [-0.25, -0.2) is 0 Å². The molecule has 0 aromatic heterocycles. The SMILES string of the molecule is ClCCCc1cccc(I)c1I. The zero-order valence-corrected chi connectivity index (χ0v) is 11.6. The van der Waals surface area contributed by atoms with Gasteiger partial charge in [0, 0.05) is 13.0 Å². The van der Waals surface area contributed by atoms with Crippen LogP contribution in [0.3, 0.4) is 0 Å². The van der Waals surface area contributed by atoms with Gasteiger partial charge in [-0.05, 0) is 69.7 Å². The highest BCUT2D eigenvalue weighted by Crippen LogP contribution is 2.20. The van der Waals surface area contributed by atoms with E-state index in [4.69, 9.17) is 11.6 Å². The first-order valence-electron chi connectivity index (χ1n) is 3.74. The molecule has 1 rings (SSSR count). The predicted molar refractivity (Wildman–Crippen MR) is 70.9 cm³/mol. The largest absolute Gasteiger partial charge is 0.127 e. The average Bonchev–Trinajstić information content (AvgIpc) is 2.08. The zero-order valence-electron chi connectivity index (χ0n) is 6.49. The monoisotopic (exact) mass is 406 g/mol. The smallest absolute Gasteiger partial charge is 0.0295 e. The van der Waals surface area contributed by atoms with Crippen LogP contribution in [0, 0.1) is 7.14 Å². The van der Waals surface area contributed by atoms with Crippen molar-refractivity contribution < 1.29 is 0 Å². The number of aryl methyl sites for hydroxylation is 1. The van der Waals surface area contributed by atoms with Crippen LogP contribution in [-0.2, 0) is 6.42 Å². The van der Waals surface area contributed by atoms with Crippen molar-refractivity contribution in [2.45, 2.75) is 12.8 Å². The van der Waals surface area contributed by atoms with E-state index in [0.717, 1.165) is 18.7 Å². The number of benzene rings is 1. The fourth-order valence-electron chi connectivity index (χ4n) is 0.999. The van der Waals surface area contributed by atoms with Gasteiger partial charge in [-0.15, -0.1) is 11.6 Å². The molecular weight excluding hydrogens is 397 g/mol. The molecule has 0 heterocycles. The predicted octanol–water partition coefficient (Wildman–Crippen LogP) is 4.07. The van der Waals surface area contributed by atoms with E-state index < -0.39 is 0 Å². The lowest BCUT2D eigenvalue weighted by Gasteiger charge is -2.04. The Bertz CT molecular complexity index is 261. The van der Waals surface area contributed by atoms with Crippen molar-refractivity contribution in [3.63, 3.8) is 0 Å². The molecule has 3 heteroatoms. The van der Waals surface area contributed by atoms with Gasteiger partial charge in [-0.1, -0.05) is 12.1 Å². The molecule has 0 radical (unpaired) electrons. The summed E-state index contributed by atoms with van der Waals surface area (Å²) in [5.74, 6) is 0.752. The van der Waals surface area contributed by atoms with Crippen molar-refractivity contribution in [1.29, 1.82) is 0 Å². The van der Waals surface area contributed by atoms with Gasteiger partial charge in [-0.2, -0.15) is 0 Å². The molecule has 0 aliphatic carbocycles. The summed E-state index contributed by atoms with van der Waals surface area (Å²) < 4.78 is 2.71. The molecule has 0 spiro atoms. The van der Waals surface area contributed by atoms with Gasteiger partial charge >= 0.3 is 0 Å². The summed E-state index contributed by atoms with van der Waals surface area (Å²) in [7, 11) is 0. The summed E-state index contributed by atoms with van der Waals surface area (Å²) >= 11 is 10.4. The van der Waals surface area contributed by atoms with Gasteiger partial charge in [0.25, 0.3) is 0 Å². The van der Waals surface area contributed by atoms with Crippen molar-refractivity contribution in [3.8, 4) is 0 Å². The fourth-order valence-corrected chi connectivity index (χ4v) is 2.32. The van der Waals surface area contributed by atoms with E-state index in [-0.39, 0.29) is 0 Å². The molecule has 0 fully saturated rings. The minimum Gasteiger partial charge on any atom is -0.127 e. The highest BCUT2D eigenvalue weighted by molar-refractivity contribution is 14.1. The number of halogens is 3. The maximum absolute atomic E-state index is 5.64. The van der Waals surface area contributed by atoms with Crippen molar-refractivity contribution in [2.24, 2.45) is 0 Å². The Hall–Kier alpha value is 0.970. The Balaban J connectivity index is 2.78. The minimum atomic E-state index is 0.752. The normalized spacial score (nSPS) is 10.2. The molecule has 0 aliphatic heterocycles. The highest BCUT2D eigenvalue weighted by Gasteiger charge is 2.01. The maximum atomic E-state index is 5.64. The molecule has 0 aliphatic rings. The van der Waals surface area contributed by atoms with E-state index in [1.165, 1.54) is 12.7 Å². The molecule has 0 amide bonds. The Morgan fingerprint density at radius 2 is 2.00 bits per heavy atom. The first-order chi connectivity index (χ1) is 5.75.